The maximum Gasteiger partial charge on any atom is 0.257 e. The number of amides is 1. The second kappa shape index (κ2) is 10.5. The van der Waals surface area contributed by atoms with E-state index in [0.29, 0.717) is 34.4 Å². The zero-order chi connectivity index (χ0) is 23.3. The Bertz CT molecular complexity index is 1030. The number of hydrogen-bond acceptors (Lipinski definition) is 5. The number of thiophene rings is 1. The Kier molecular flexibility index (Phi) is 7.91. The number of thiocarbonyl (C=S) groups is 1. The van der Waals surface area contributed by atoms with Crippen LogP contribution in [-0.2, 0) is 12.8 Å². The Morgan fingerprint density at radius 1 is 1.38 bits per heavy atom. The summed E-state index contributed by atoms with van der Waals surface area (Å²) in [7, 11) is 0. The van der Waals surface area contributed by atoms with Gasteiger partial charge in [-0.15, -0.1) is 11.3 Å². The number of carbonyl (C=O) groups excluding carboxylic acids is 1. The average Bonchev–Trinajstić information content (AvgIpc) is 3.09. The first-order valence-corrected chi connectivity index (χ1v) is 12.3. The zero-order valence-electron chi connectivity index (χ0n) is 19.2. The number of nitrogens with one attached hydrogen (secondary N) is 2. The molecule has 1 atom stereocenters. The first kappa shape index (κ1) is 24.2. The lowest BCUT2D eigenvalue weighted by Gasteiger charge is -2.33. The van der Waals surface area contributed by atoms with Crippen molar-refractivity contribution in [2.24, 2.45) is 11.3 Å². The highest BCUT2D eigenvalue weighted by Gasteiger charge is 2.32. The Hall–Kier alpha value is -2.43. The summed E-state index contributed by atoms with van der Waals surface area (Å²) >= 11 is 6.96. The van der Waals surface area contributed by atoms with E-state index >= 15 is 0 Å². The minimum Gasteiger partial charge on any atom is -0.494 e. The van der Waals surface area contributed by atoms with Gasteiger partial charge in [-0.3, -0.25) is 10.1 Å². The van der Waals surface area contributed by atoms with Gasteiger partial charge in [0.2, 0.25) is 0 Å². The summed E-state index contributed by atoms with van der Waals surface area (Å²) in [6, 6.07) is 9.40. The summed E-state index contributed by atoms with van der Waals surface area (Å²) in [5.41, 5.74) is 2.49. The van der Waals surface area contributed by atoms with Crippen LogP contribution >= 0.6 is 23.6 Å². The summed E-state index contributed by atoms with van der Waals surface area (Å²) in [4.78, 5) is 13.9. The normalized spacial score (nSPS) is 15.4. The average molecular weight is 470 g/mol. The largest absolute Gasteiger partial charge is 0.494 e. The fourth-order valence-electron chi connectivity index (χ4n) is 3.90. The van der Waals surface area contributed by atoms with Crippen molar-refractivity contribution in [1.82, 2.24) is 5.32 Å². The van der Waals surface area contributed by atoms with Crippen molar-refractivity contribution in [2.75, 3.05) is 11.9 Å². The number of benzene rings is 1. The molecule has 1 aromatic heterocycles. The van der Waals surface area contributed by atoms with Crippen LogP contribution in [0.25, 0.3) is 0 Å². The fraction of sp³-hybridized carbons (Fsp3) is 0.480. The predicted molar refractivity (Wildman–Crippen MR) is 135 cm³/mol. The zero-order valence-corrected chi connectivity index (χ0v) is 20.8. The van der Waals surface area contributed by atoms with Gasteiger partial charge in [-0.05, 0) is 73.0 Å². The van der Waals surface area contributed by atoms with Crippen LogP contribution in [0.4, 0.5) is 5.00 Å². The van der Waals surface area contributed by atoms with Crippen molar-refractivity contribution in [3.8, 4) is 11.8 Å². The number of nitriles is 1. The molecule has 170 valence electrons. The van der Waals surface area contributed by atoms with Crippen LogP contribution in [0.1, 0.15) is 73.3 Å². The van der Waals surface area contributed by atoms with E-state index in [1.54, 1.807) is 29.5 Å². The number of hydrogen-bond donors (Lipinski definition) is 2. The third-order valence-corrected chi connectivity index (χ3v) is 7.29. The highest BCUT2D eigenvalue weighted by atomic mass is 32.1. The van der Waals surface area contributed by atoms with Crippen LogP contribution in [0, 0.1) is 22.7 Å². The summed E-state index contributed by atoms with van der Waals surface area (Å²) in [6.07, 6.45) is 4.98. The lowest BCUT2D eigenvalue weighted by molar-refractivity contribution is 0.0977. The van der Waals surface area contributed by atoms with E-state index < -0.39 is 0 Å². The molecule has 0 spiro atoms. The third-order valence-electron chi connectivity index (χ3n) is 5.92. The summed E-state index contributed by atoms with van der Waals surface area (Å²) in [6.45, 7) is 9.54. The molecule has 3 rings (SSSR count). The molecule has 7 heteroatoms. The summed E-state index contributed by atoms with van der Waals surface area (Å²) in [5, 5.41) is 16.5. The third kappa shape index (κ3) is 5.87. The van der Waals surface area contributed by atoms with Gasteiger partial charge in [-0.25, -0.2) is 0 Å². The quantitative estimate of drug-likeness (QED) is 0.396. The van der Waals surface area contributed by atoms with Crippen LogP contribution in [0.2, 0.25) is 0 Å². The molecule has 2 N–H and O–H groups in total. The van der Waals surface area contributed by atoms with Crippen LogP contribution in [-0.4, -0.2) is 17.6 Å². The van der Waals surface area contributed by atoms with E-state index in [0.717, 1.165) is 37.7 Å². The lowest BCUT2D eigenvalue weighted by atomic mass is 9.72. The van der Waals surface area contributed by atoms with Gasteiger partial charge in [-0.1, -0.05) is 40.2 Å². The topological polar surface area (TPSA) is 74.2 Å². The number of nitrogens with zero attached hydrogens (tertiary/aromatic N) is 1. The molecule has 0 radical (unpaired) electrons. The number of anilines is 1. The number of rotatable bonds is 6. The second-order valence-electron chi connectivity index (χ2n) is 9.26. The molecule has 0 saturated heterocycles. The van der Waals surface area contributed by atoms with E-state index in [1.165, 1.54) is 4.88 Å². The highest BCUT2D eigenvalue weighted by molar-refractivity contribution is 7.80. The lowest BCUT2D eigenvalue weighted by Crippen LogP contribution is -2.34. The van der Waals surface area contributed by atoms with Crippen molar-refractivity contribution in [1.29, 1.82) is 5.26 Å². The predicted octanol–water partition coefficient (Wildman–Crippen LogP) is 6.08. The van der Waals surface area contributed by atoms with Crippen molar-refractivity contribution in [3.05, 3.63) is 45.8 Å². The van der Waals surface area contributed by atoms with Crippen molar-refractivity contribution in [2.45, 2.75) is 59.8 Å². The molecule has 0 unspecified atom stereocenters. The fourth-order valence-corrected chi connectivity index (χ4v) is 5.44. The van der Waals surface area contributed by atoms with E-state index in [2.05, 4.69) is 44.4 Å². The van der Waals surface area contributed by atoms with Gasteiger partial charge in [-0.2, -0.15) is 5.26 Å². The Balaban J connectivity index is 1.67. The van der Waals surface area contributed by atoms with Crippen LogP contribution < -0.4 is 15.4 Å². The van der Waals surface area contributed by atoms with Gasteiger partial charge in [0, 0.05) is 10.4 Å². The molecule has 0 fully saturated rings. The SMILES string of the molecule is CCCCOc1cccc(C(=O)NC(=S)Nc2sc3c(c2C#N)CC[C@@H](C(C)(C)C)C3)c1. The minimum absolute atomic E-state index is 0.190. The first-order chi connectivity index (χ1) is 15.2. The van der Waals surface area contributed by atoms with Gasteiger partial charge in [0.05, 0.1) is 12.2 Å². The smallest absolute Gasteiger partial charge is 0.257 e. The standard InChI is InChI=1S/C25H31N3O2S2/c1-5-6-12-30-18-9-7-8-16(13-18)22(29)27-24(31)28-23-20(15-26)19-11-10-17(25(2,3)4)14-21(19)32-23/h7-9,13,17H,5-6,10-12,14H2,1-4H3,(H2,27,28,29,31)/t17-/m1/s1. The molecule has 1 aromatic carbocycles. The maximum absolute atomic E-state index is 12.7. The number of carbonyl (C=O) groups is 1. The van der Waals surface area contributed by atoms with Crippen molar-refractivity contribution < 1.29 is 9.53 Å². The van der Waals surface area contributed by atoms with Crippen LogP contribution in [0.3, 0.4) is 0 Å². The molecular formula is C25H31N3O2S2. The number of ether oxygens (including phenoxy) is 1. The molecule has 1 heterocycles. The molecule has 1 amide bonds. The van der Waals surface area contributed by atoms with Crippen molar-refractivity contribution in [3.63, 3.8) is 0 Å². The molecule has 1 aliphatic rings. The van der Waals surface area contributed by atoms with E-state index in [-0.39, 0.29) is 16.4 Å². The van der Waals surface area contributed by atoms with E-state index in [4.69, 9.17) is 17.0 Å². The minimum atomic E-state index is -0.309. The number of unbranched alkanes of at least 4 members (excludes halogenated alkanes) is 1. The van der Waals surface area contributed by atoms with Gasteiger partial charge in [0.25, 0.3) is 5.91 Å². The van der Waals surface area contributed by atoms with Crippen LogP contribution in [0.5, 0.6) is 5.75 Å². The molecule has 1 aliphatic carbocycles. The van der Waals surface area contributed by atoms with E-state index in [9.17, 15) is 10.1 Å². The number of fused-ring (bicyclic) bond motifs is 1. The van der Waals surface area contributed by atoms with Gasteiger partial charge < -0.3 is 10.1 Å². The molecule has 0 aliphatic heterocycles. The summed E-state index contributed by atoms with van der Waals surface area (Å²) in [5.74, 6) is 0.943. The molecule has 0 saturated carbocycles. The summed E-state index contributed by atoms with van der Waals surface area (Å²) < 4.78 is 5.68. The van der Waals surface area contributed by atoms with Crippen LogP contribution in [0.15, 0.2) is 24.3 Å². The molecule has 0 bridgehead atoms. The second-order valence-corrected chi connectivity index (χ2v) is 10.8. The van der Waals surface area contributed by atoms with Gasteiger partial charge in [0.15, 0.2) is 5.11 Å². The Morgan fingerprint density at radius 3 is 2.84 bits per heavy atom. The van der Waals surface area contributed by atoms with E-state index in [1.807, 2.05) is 6.07 Å². The highest BCUT2D eigenvalue weighted by Crippen LogP contribution is 2.43. The monoisotopic (exact) mass is 469 g/mol. The van der Waals surface area contributed by atoms with Crippen molar-refractivity contribution >= 4 is 39.6 Å². The Labute approximate surface area is 200 Å². The van der Waals surface area contributed by atoms with Gasteiger partial charge >= 0.3 is 0 Å². The molecular weight excluding hydrogens is 438 g/mol. The maximum atomic E-state index is 12.7. The Morgan fingerprint density at radius 2 is 2.16 bits per heavy atom. The molecule has 5 nitrogen and oxygen atoms in total. The molecule has 2 aromatic rings. The molecule has 32 heavy (non-hydrogen) atoms. The van der Waals surface area contributed by atoms with Gasteiger partial charge in [0.1, 0.15) is 16.8 Å². The first-order valence-electron chi connectivity index (χ1n) is 11.1.